The van der Waals surface area contributed by atoms with Crippen LogP contribution in [0, 0.1) is 11.8 Å². The van der Waals surface area contributed by atoms with Crippen molar-refractivity contribution in [2.24, 2.45) is 16.8 Å². The molecule has 0 bridgehead atoms. The van der Waals surface area contributed by atoms with E-state index < -0.39 is 5.60 Å². The van der Waals surface area contributed by atoms with E-state index in [4.69, 9.17) is 9.72 Å². The largest absolute Gasteiger partial charge is 0.513 e. The van der Waals surface area contributed by atoms with Gasteiger partial charge in [0.05, 0.1) is 17.7 Å². The van der Waals surface area contributed by atoms with Crippen LogP contribution in [-0.4, -0.2) is 115 Å². The van der Waals surface area contributed by atoms with Crippen molar-refractivity contribution in [3.05, 3.63) is 67.0 Å². The van der Waals surface area contributed by atoms with Gasteiger partial charge in [-0.2, -0.15) is 4.98 Å². The van der Waals surface area contributed by atoms with E-state index in [-0.39, 0.29) is 11.9 Å². The predicted molar refractivity (Wildman–Crippen MR) is 217 cm³/mol. The van der Waals surface area contributed by atoms with Gasteiger partial charge in [0, 0.05) is 78.2 Å². The number of aliphatic hydroxyl groups excluding tert-OH is 1. The van der Waals surface area contributed by atoms with E-state index in [9.17, 15) is 9.90 Å². The van der Waals surface area contributed by atoms with Crippen molar-refractivity contribution in [1.29, 1.82) is 0 Å². The van der Waals surface area contributed by atoms with Crippen LogP contribution in [0.3, 0.4) is 0 Å². The minimum Gasteiger partial charge on any atom is -0.513 e. The molecule has 12 nitrogen and oxygen atoms in total. The van der Waals surface area contributed by atoms with Crippen molar-refractivity contribution >= 4 is 30.3 Å². The molecule has 1 aromatic heterocycles. The smallest absolute Gasteiger partial charge is 0.407 e. The van der Waals surface area contributed by atoms with Crippen molar-refractivity contribution in [3.8, 4) is 0 Å². The van der Waals surface area contributed by atoms with E-state index in [0.29, 0.717) is 42.3 Å². The maximum atomic E-state index is 11.8. The van der Waals surface area contributed by atoms with Crippen LogP contribution in [-0.2, 0) is 4.74 Å². The summed E-state index contributed by atoms with van der Waals surface area (Å²) in [5, 5.41) is 15.5. The lowest BCUT2D eigenvalue weighted by Gasteiger charge is -2.35. The number of anilines is 2. The predicted octanol–water partition coefficient (Wildman–Crippen LogP) is 7.51. The number of aromatic nitrogens is 2. The minimum atomic E-state index is -0.478. The number of carbonyl (C=O) groups excluding carboxylic acids is 1. The average molecular weight is 722 g/mol. The zero-order valence-corrected chi connectivity index (χ0v) is 33.3. The zero-order valence-electron chi connectivity index (χ0n) is 33.3. The number of rotatable bonds is 19. The van der Waals surface area contributed by atoms with E-state index in [1.807, 2.05) is 52.8 Å². The Kier molecular flexibility index (Phi) is 19.2. The first kappa shape index (κ1) is 44.0. The van der Waals surface area contributed by atoms with Gasteiger partial charge in [0.15, 0.2) is 5.82 Å². The number of nitrogens with one attached hydrogen (secondary N) is 2. The van der Waals surface area contributed by atoms with Gasteiger partial charge in [-0.15, -0.1) is 0 Å². The minimum absolute atomic E-state index is 0.260. The Bertz CT molecular complexity index is 1380. The number of likely N-dealkylation sites (N-methyl/N-ethyl adjacent to an activating group) is 2. The van der Waals surface area contributed by atoms with Crippen LogP contribution in [0.5, 0.6) is 0 Å². The topological polar surface area (TPSA) is 122 Å². The number of amides is 1. The van der Waals surface area contributed by atoms with Crippen LogP contribution in [0.25, 0.3) is 0 Å². The number of piperazine rings is 1. The van der Waals surface area contributed by atoms with Crippen LogP contribution < -0.4 is 15.5 Å². The number of unbranched alkanes of at least 4 members (excludes halogenated alkanes) is 1. The van der Waals surface area contributed by atoms with Crippen molar-refractivity contribution in [3.63, 3.8) is 0 Å². The van der Waals surface area contributed by atoms with Gasteiger partial charge < -0.3 is 35.2 Å². The highest BCUT2D eigenvalue weighted by Crippen LogP contribution is 2.33. The molecule has 0 saturated carbocycles. The highest BCUT2D eigenvalue weighted by atomic mass is 16.6. The third kappa shape index (κ3) is 16.0. The average Bonchev–Trinajstić information content (AvgIpc) is 3.11. The quantitative estimate of drug-likeness (QED) is 0.0573. The maximum absolute atomic E-state index is 11.8. The normalized spacial score (nSPS) is 18.0. The molecule has 2 unspecified atom stereocenters. The molecule has 52 heavy (non-hydrogen) atoms. The molecular weight excluding hydrogens is 655 g/mol. The summed E-state index contributed by atoms with van der Waals surface area (Å²) in [6, 6.07) is 0. The van der Waals surface area contributed by atoms with Crippen LogP contribution in [0.1, 0.15) is 73.6 Å². The lowest BCUT2D eigenvalue weighted by atomic mass is 9.85. The molecule has 1 saturated heterocycles. The summed E-state index contributed by atoms with van der Waals surface area (Å²) in [4.78, 5) is 34.5. The molecule has 1 aromatic rings. The SMILES string of the molecule is C=C/C(=C\N(C)CCN1CCN(CCCNC(=O)OC(C)(C)C)CC1)Nc1ncc(N=C)c(N(C)C2=CC(C)C(CCCCC(=C)O)C=C2)n1.CC. The highest BCUT2D eigenvalue weighted by molar-refractivity contribution is 5.69. The summed E-state index contributed by atoms with van der Waals surface area (Å²) >= 11 is 0. The summed E-state index contributed by atoms with van der Waals surface area (Å²) in [5.74, 6) is 2.19. The molecule has 0 radical (unpaired) electrons. The monoisotopic (exact) mass is 722 g/mol. The van der Waals surface area contributed by atoms with Crippen LogP contribution >= 0.6 is 0 Å². The zero-order chi connectivity index (χ0) is 38.7. The number of ether oxygens (including phenoxy) is 1. The molecule has 1 aliphatic carbocycles. The first-order chi connectivity index (χ1) is 24.8. The Morgan fingerprint density at radius 3 is 2.40 bits per heavy atom. The van der Waals surface area contributed by atoms with Gasteiger partial charge in [-0.05, 0) is 77.3 Å². The van der Waals surface area contributed by atoms with Gasteiger partial charge >= 0.3 is 6.09 Å². The fourth-order valence-corrected chi connectivity index (χ4v) is 5.96. The molecule has 2 aliphatic rings. The number of hydrogen-bond acceptors (Lipinski definition) is 11. The second-order valence-corrected chi connectivity index (χ2v) is 14.3. The third-order valence-electron chi connectivity index (χ3n) is 8.89. The summed E-state index contributed by atoms with van der Waals surface area (Å²) in [6.07, 6.45) is 16.4. The van der Waals surface area contributed by atoms with Crippen LogP contribution in [0.4, 0.5) is 22.2 Å². The molecule has 12 heteroatoms. The number of hydrogen-bond donors (Lipinski definition) is 3. The molecular formula is C40H67N9O3. The highest BCUT2D eigenvalue weighted by Gasteiger charge is 2.22. The van der Waals surface area contributed by atoms with E-state index >= 15 is 0 Å². The maximum Gasteiger partial charge on any atom is 0.407 e. The fraction of sp³-hybridized carbons (Fsp3) is 0.600. The Morgan fingerprint density at radius 1 is 1.13 bits per heavy atom. The lowest BCUT2D eigenvalue weighted by Crippen LogP contribution is -2.48. The first-order valence-corrected chi connectivity index (χ1v) is 18.8. The second kappa shape index (κ2) is 22.7. The van der Waals surface area contributed by atoms with E-state index in [1.54, 1.807) is 12.3 Å². The van der Waals surface area contributed by atoms with Crippen molar-refractivity contribution in [1.82, 2.24) is 30.0 Å². The number of nitrogens with zero attached hydrogens (tertiary/aromatic N) is 7. The van der Waals surface area contributed by atoms with Gasteiger partial charge in [-0.3, -0.25) is 9.89 Å². The molecule has 3 N–H and O–H groups in total. The second-order valence-electron chi connectivity index (χ2n) is 14.3. The van der Waals surface area contributed by atoms with Gasteiger partial charge in [0.2, 0.25) is 5.95 Å². The van der Waals surface area contributed by atoms with Crippen molar-refractivity contribution in [2.45, 2.75) is 79.2 Å². The molecule has 1 amide bonds. The van der Waals surface area contributed by atoms with Gasteiger partial charge in [0.1, 0.15) is 11.3 Å². The standard InChI is InChI=1S/C38H61N9O3.C2H6/c1-10-32(28-44(8)20-21-47-24-22-46(23-25-47)19-13-18-40-37(49)50-38(4,5)6)42-36-41-27-34(39-7)35(43-36)45(9)33-17-16-31(29(2)26-33)15-12-11-14-30(3)48;1-2/h10,16-17,26-29,31,48H,1,3,7,11-15,18-25H2,2,4-6,8-9H3,(H,40,49)(H,41,42,43);1-2H3/b32-28+;. The number of alkyl carbamates (subject to hydrolysis) is 1. The summed E-state index contributed by atoms with van der Waals surface area (Å²) in [5.41, 5.74) is 1.96. The van der Waals surface area contributed by atoms with Crippen molar-refractivity contribution < 1.29 is 14.6 Å². The molecule has 3 rings (SSSR count). The van der Waals surface area contributed by atoms with Gasteiger partial charge in [-0.1, -0.05) is 52.5 Å². The number of carbonyl (C=O) groups is 1. The number of aliphatic hydroxyl groups is 1. The molecule has 0 spiro atoms. The Labute approximate surface area is 314 Å². The Hall–Kier alpha value is -4.16. The fourth-order valence-electron chi connectivity index (χ4n) is 5.96. The summed E-state index contributed by atoms with van der Waals surface area (Å²) in [7, 11) is 4.04. The van der Waals surface area contributed by atoms with Gasteiger partial charge in [-0.25, -0.2) is 9.78 Å². The van der Waals surface area contributed by atoms with E-state index in [0.717, 1.165) is 82.9 Å². The Morgan fingerprint density at radius 2 is 1.81 bits per heavy atom. The molecule has 1 fully saturated rings. The third-order valence-corrected chi connectivity index (χ3v) is 8.89. The number of allylic oxidation sites excluding steroid dienone is 5. The van der Waals surface area contributed by atoms with Crippen LogP contribution in [0.2, 0.25) is 0 Å². The molecule has 2 atom stereocenters. The molecule has 290 valence electrons. The lowest BCUT2D eigenvalue weighted by molar-refractivity contribution is 0.0524. The van der Waals surface area contributed by atoms with E-state index in [1.165, 1.54) is 0 Å². The molecule has 1 aliphatic heterocycles. The number of aliphatic imine (C=N–C) groups is 1. The van der Waals surface area contributed by atoms with Gasteiger partial charge in [0.25, 0.3) is 0 Å². The first-order valence-electron chi connectivity index (χ1n) is 18.8. The van der Waals surface area contributed by atoms with Crippen molar-refractivity contribution in [2.75, 3.05) is 76.7 Å². The van der Waals surface area contributed by atoms with Crippen LogP contribution in [0.15, 0.2) is 72.0 Å². The summed E-state index contributed by atoms with van der Waals surface area (Å²) < 4.78 is 5.30. The molecule has 2 heterocycles. The Balaban J connectivity index is 0.00000460. The van der Waals surface area contributed by atoms with E-state index in [2.05, 4.69) is 87.4 Å². The summed E-state index contributed by atoms with van der Waals surface area (Å²) in [6.45, 7) is 30.6. The molecule has 0 aromatic carbocycles.